The minimum atomic E-state index is -2.59. The Balaban J connectivity index is 1.52. The van der Waals surface area contributed by atoms with Gasteiger partial charge in [-0.2, -0.15) is 0 Å². The highest BCUT2D eigenvalue weighted by Crippen LogP contribution is 2.73. The number of ether oxygens (including phenoxy) is 12. The minimum Gasteiger partial charge on any atom is -0.448 e. The van der Waals surface area contributed by atoms with Crippen molar-refractivity contribution in [1.29, 1.82) is 0 Å². The van der Waals surface area contributed by atoms with Crippen molar-refractivity contribution < 1.29 is 61.9 Å². The molecule has 9 rings (SSSR count). The van der Waals surface area contributed by atoms with Crippen molar-refractivity contribution in [2.45, 2.75) is 138 Å². The average Bonchev–Trinajstić information content (AvgIpc) is 3.96. The molecule has 16 heteroatoms. The molecule has 6 aliphatic rings. The first-order chi connectivity index (χ1) is 28.9. The molecule has 13 nitrogen and oxygen atoms in total. The summed E-state index contributed by atoms with van der Waals surface area (Å²) in [5.74, 6) is 3.24. The summed E-state index contributed by atoms with van der Waals surface area (Å²) in [4.78, 5) is 1.52. The van der Waals surface area contributed by atoms with Gasteiger partial charge in [0.15, 0.2) is 74.6 Å². The molecule has 6 aliphatic heterocycles. The van der Waals surface area contributed by atoms with E-state index in [1.165, 1.54) is 35.3 Å². The third-order valence-electron chi connectivity index (χ3n) is 10.00. The number of thioether (sulfide) groups is 3. The van der Waals surface area contributed by atoms with E-state index in [0.717, 1.165) is 0 Å². The lowest BCUT2D eigenvalue weighted by atomic mass is 9.76. The van der Waals surface area contributed by atoms with Crippen LogP contribution in [0, 0.1) is 37.0 Å². The molecule has 3 aromatic rings. The molecule has 62 heavy (non-hydrogen) atoms. The van der Waals surface area contributed by atoms with Crippen LogP contribution in [-0.2, 0) is 5.60 Å². The van der Waals surface area contributed by atoms with E-state index in [1.807, 2.05) is 0 Å². The van der Waals surface area contributed by atoms with Crippen LogP contribution in [0.15, 0.2) is 14.7 Å². The molecule has 0 bridgehead atoms. The van der Waals surface area contributed by atoms with Crippen molar-refractivity contribution in [3.63, 3.8) is 0 Å². The Labute approximate surface area is 373 Å². The second kappa shape index (κ2) is 13.5. The van der Waals surface area contributed by atoms with Gasteiger partial charge in [-0.25, -0.2) is 0 Å². The van der Waals surface area contributed by atoms with Crippen LogP contribution in [0.1, 0.15) is 99.8 Å². The lowest BCUT2D eigenvalue weighted by Crippen LogP contribution is -2.36. The average molecular weight is 903 g/mol. The first kappa shape index (κ1) is 42.3. The molecule has 0 fully saturated rings. The number of fused-ring (bicyclic) bond motifs is 6. The van der Waals surface area contributed by atoms with Crippen molar-refractivity contribution in [3.8, 4) is 106 Å². The number of hydrogen-bond acceptors (Lipinski definition) is 16. The maximum atomic E-state index is 15.1. The van der Waals surface area contributed by atoms with E-state index in [9.17, 15) is 0 Å². The Morgan fingerprint density at radius 3 is 0.677 bits per heavy atom. The molecule has 0 aromatic heterocycles. The lowest BCUT2D eigenvalue weighted by molar-refractivity contribution is -0.0557. The SMILES string of the molecule is C#CCSc1c2c(c(C(O)(c3c4c(c(SCC#C)c5c3OC(C)(C)O5)OC(C)(C)O4)c3c4c(c(SCC#C)c5c3OC(C)(C)O5)OC(C)(C)O4)c3c1OC(C)(C)O3)OC(C)(C)O2. The summed E-state index contributed by atoms with van der Waals surface area (Å²) in [7, 11) is 0. The summed E-state index contributed by atoms with van der Waals surface area (Å²) >= 11 is 3.89. The Bertz CT molecular complexity index is 2200. The summed E-state index contributed by atoms with van der Waals surface area (Å²) < 4.78 is 80.6. The van der Waals surface area contributed by atoms with Crippen molar-refractivity contribution in [3.05, 3.63) is 16.7 Å². The molecule has 1 N–H and O–H groups in total. The van der Waals surface area contributed by atoms with Gasteiger partial charge in [0, 0.05) is 83.1 Å². The van der Waals surface area contributed by atoms with Crippen LogP contribution in [0.5, 0.6) is 69.0 Å². The molecule has 0 aliphatic carbocycles. The fourth-order valence-corrected chi connectivity index (χ4v) is 10.5. The van der Waals surface area contributed by atoms with E-state index in [2.05, 4.69) is 17.8 Å². The summed E-state index contributed by atoms with van der Waals surface area (Å²) in [6.45, 7) is 21.0. The summed E-state index contributed by atoms with van der Waals surface area (Å²) in [6.07, 6.45) is 17.5. The Kier molecular flexibility index (Phi) is 9.19. The van der Waals surface area contributed by atoms with Gasteiger partial charge in [-0.05, 0) is 0 Å². The van der Waals surface area contributed by atoms with Gasteiger partial charge in [-0.15, -0.1) is 54.6 Å². The van der Waals surface area contributed by atoms with Crippen molar-refractivity contribution in [2.24, 2.45) is 0 Å². The quantitative estimate of drug-likeness (QED) is 0.124. The normalized spacial score (nSPS) is 20.4. The fourth-order valence-electron chi connectivity index (χ4n) is 8.23. The standard InChI is InChI=1S/C46H46O13S3/c1-16-19-60-37-31-25(48-40(4,5)54-31)22(26-32(37)55-41(6,7)49-26)46(47,23-27-33(56-42(8,9)50-27)38(61-20-17-2)34-28(23)51-43(10,11)57-34)24-29-35(58-44(12,13)52-29)39(62-21-18-3)36-30(24)53-45(14,15)59-36/h1-3,47H,19-21H2,4-15H3. The molecule has 3 aromatic carbocycles. The number of hydrogen-bond donors (Lipinski definition) is 1. The smallest absolute Gasteiger partial charge is 0.246 e. The molecular weight excluding hydrogens is 857 g/mol. The zero-order chi connectivity index (χ0) is 44.7. The van der Waals surface area contributed by atoms with Crippen molar-refractivity contribution >= 4 is 35.3 Å². The zero-order valence-corrected chi connectivity index (χ0v) is 38.9. The highest BCUT2D eigenvalue weighted by molar-refractivity contribution is 8.00. The van der Waals surface area contributed by atoms with Gasteiger partial charge in [0.25, 0.3) is 0 Å². The van der Waals surface area contributed by atoms with E-state index >= 15 is 5.11 Å². The molecule has 326 valence electrons. The highest BCUT2D eigenvalue weighted by atomic mass is 32.2. The molecule has 0 atom stereocenters. The summed E-state index contributed by atoms with van der Waals surface area (Å²) in [6, 6.07) is 0. The monoisotopic (exact) mass is 902 g/mol. The number of terminal acetylenes is 3. The van der Waals surface area contributed by atoms with Gasteiger partial charge >= 0.3 is 0 Å². The van der Waals surface area contributed by atoms with E-state index in [1.54, 1.807) is 83.1 Å². The molecule has 6 heterocycles. The fraction of sp³-hybridized carbons (Fsp3) is 0.478. The maximum Gasteiger partial charge on any atom is 0.246 e. The van der Waals surface area contributed by atoms with Crippen LogP contribution in [-0.4, -0.2) is 57.1 Å². The van der Waals surface area contributed by atoms with E-state index in [4.69, 9.17) is 76.1 Å². The van der Waals surface area contributed by atoms with Crippen LogP contribution >= 0.6 is 35.3 Å². The Hall–Kier alpha value is -5.05. The molecule has 0 spiro atoms. The van der Waals surface area contributed by atoms with Gasteiger partial charge in [0.1, 0.15) is 14.7 Å². The van der Waals surface area contributed by atoms with Gasteiger partial charge in [-0.3, -0.25) is 0 Å². The van der Waals surface area contributed by atoms with Crippen LogP contribution in [0.3, 0.4) is 0 Å². The van der Waals surface area contributed by atoms with Gasteiger partial charge in [-0.1, -0.05) is 17.8 Å². The second-order valence-electron chi connectivity index (χ2n) is 17.9. The van der Waals surface area contributed by atoms with Crippen LogP contribution < -0.4 is 56.8 Å². The van der Waals surface area contributed by atoms with Crippen LogP contribution in [0.25, 0.3) is 0 Å². The minimum absolute atomic E-state index is 0.0220. The van der Waals surface area contributed by atoms with Crippen LogP contribution in [0.2, 0.25) is 0 Å². The Morgan fingerprint density at radius 1 is 0.355 bits per heavy atom. The largest absolute Gasteiger partial charge is 0.448 e. The third-order valence-corrected chi connectivity index (χ3v) is 12.9. The molecule has 0 amide bonds. The lowest BCUT2D eigenvalue weighted by Gasteiger charge is -2.35. The zero-order valence-electron chi connectivity index (χ0n) is 36.4. The van der Waals surface area contributed by atoms with Gasteiger partial charge in [0.2, 0.25) is 34.7 Å². The number of benzene rings is 3. The third kappa shape index (κ3) is 6.49. The second-order valence-corrected chi connectivity index (χ2v) is 20.8. The van der Waals surface area contributed by atoms with Gasteiger partial charge < -0.3 is 61.9 Å². The first-order valence-corrected chi connectivity index (χ1v) is 22.7. The Morgan fingerprint density at radius 2 is 0.516 bits per heavy atom. The number of rotatable bonds is 9. The predicted octanol–water partition coefficient (Wildman–Crippen LogP) is 9.19. The van der Waals surface area contributed by atoms with E-state index in [-0.39, 0.29) is 103 Å². The van der Waals surface area contributed by atoms with Crippen molar-refractivity contribution in [2.75, 3.05) is 17.3 Å². The highest BCUT2D eigenvalue weighted by Gasteiger charge is 2.62. The molecule has 0 unspecified atom stereocenters. The maximum absolute atomic E-state index is 15.1. The summed E-state index contributed by atoms with van der Waals surface area (Å²) in [5.41, 5.74) is -2.53. The molecule has 0 saturated carbocycles. The topological polar surface area (TPSA) is 131 Å². The van der Waals surface area contributed by atoms with Crippen LogP contribution in [0.4, 0.5) is 0 Å². The van der Waals surface area contributed by atoms with E-state index in [0.29, 0.717) is 14.7 Å². The molecular formula is C46H46O13S3. The molecule has 0 radical (unpaired) electrons. The van der Waals surface area contributed by atoms with Gasteiger partial charge in [0.05, 0.1) is 33.9 Å². The van der Waals surface area contributed by atoms with E-state index < -0.39 is 40.3 Å². The van der Waals surface area contributed by atoms with Crippen molar-refractivity contribution in [1.82, 2.24) is 0 Å². The number of aliphatic hydroxyl groups is 1. The first-order valence-electron chi connectivity index (χ1n) is 19.8. The predicted molar refractivity (Wildman–Crippen MR) is 232 cm³/mol. The summed E-state index contributed by atoms with van der Waals surface area (Å²) in [5, 5.41) is 15.1. The molecule has 0 saturated heterocycles.